The molecule has 2 aromatic rings. The summed E-state index contributed by atoms with van der Waals surface area (Å²) in [6, 6.07) is 4.57. The summed E-state index contributed by atoms with van der Waals surface area (Å²) in [5.41, 5.74) is 0.649. The van der Waals surface area contributed by atoms with Crippen molar-refractivity contribution in [2.24, 2.45) is 11.8 Å². The molecule has 69 heavy (non-hydrogen) atoms. The highest BCUT2D eigenvalue weighted by atomic mass is 19.3. The average molecular weight is 973 g/mol. The second kappa shape index (κ2) is 27.2. The highest BCUT2D eigenvalue weighted by Crippen LogP contribution is 2.30. The second-order valence-corrected chi connectivity index (χ2v) is 16.3. The summed E-state index contributed by atoms with van der Waals surface area (Å²) in [4.78, 5) is 153. The average Bonchev–Trinajstić information content (AvgIpc) is 3.29. The number of ketones is 1. The first-order chi connectivity index (χ1) is 32.6. The Morgan fingerprint density at radius 1 is 0.638 bits per heavy atom. The molecule has 6 amide bonds. The Hall–Kier alpha value is -7.66. The molecule has 10 N–H and O–H groups in total. The molecule has 3 rings (SSSR count). The van der Waals surface area contributed by atoms with Gasteiger partial charge in [0.25, 0.3) is 5.78 Å². The third-order valence-corrected chi connectivity index (χ3v) is 11.1. The molecule has 0 aliphatic heterocycles. The van der Waals surface area contributed by atoms with Crippen LogP contribution in [0.25, 0.3) is 0 Å². The number of halogens is 2. The van der Waals surface area contributed by atoms with Gasteiger partial charge in [-0.05, 0) is 36.3 Å². The van der Waals surface area contributed by atoms with Crippen LogP contribution in [-0.2, 0) is 57.5 Å². The van der Waals surface area contributed by atoms with Gasteiger partial charge in [0.05, 0.1) is 12.5 Å². The van der Waals surface area contributed by atoms with Gasteiger partial charge in [-0.2, -0.15) is 0 Å². The minimum absolute atomic E-state index is 0.204. The minimum Gasteiger partial charge on any atom is -0.481 e. The van der Waals surface area contributed by atoms with Gasteiger partial charge in [-0.1, -0.05) is 79.9 Å². The molecule has 0 heterocycles. The maximum Gasteiger partial charge on any atom is 0.374 e. The van der Waals surface area contributed by atoms with Gasteiger partial charge in [-0.15, -0.1) is 0 Å². The van der Waals surface area contributed by atoms with E-state index < -0.39 is 158 Å². The first-order valence-corrected chi connectivity index (χ1v) is 21.7. The lowest BCUT2D eigenvalue weighted by molar-refractivity contribution is -0.151. The van der Waals surface area contributed by atoms with E-state index in [2.05, 4.69) is 21.3 Å². The number of aliphatic carboxylic acids is 4. The molecule has 0 aromatic heterocycles. The van der Waals surface area contributed by atoms with Crippen LogP contribution in [-0.4, -0.2) is 134 Å². The zero-order valence-electron chi connectivity index (χ0n) is 37.1. The van der Waals surface area contributed by atoms with Gasteiger partial charge in [-0.3, -0.25) is 43.2 Å². The number of benzene rings is 2. The van der Waals surface area contributed by atoms with Gasteiger partial charge >= 0.3 is 23.9 Å². The zero-order valence-corrected chi connectivity index (χ0v) is 37.1. The smallest absolute Gasteiger partial charge is 0.374 e. The first kappa shape index (κ1) is 55.7. The molecule has 24 heteroatoms. The maximum atomic E-state index is 14.8. The monoisotopic (exact) mass is 972 g/mol. The van der Waals surface area contributed by atoms with Crippen molar-refractivity contribution in [1.82, 2.24) is 31.9 Å². The summed E-state index contributed by atoms with van der Waals surface area (Å²) in [6.45, 7) is 1.05. The van der Waals surface area contributed by atoms with Gasteiger partial charge in [0.2, 0.25) is 41.9 Å². The molecule has 0 saturated heterocycles. The van der Waals surface area contributed by atoms with E-state index in [0.29, 0.717) is 24.0 Å². The van der Waals surface area contributed by atoms with E-state index in [1.54, 1.807) is 60.7 Å². The molecule has 2 aromatic carbocycles. The highest BCUT2D eigenvalue weighted by Gasteiger charge is 2.41. The number of carbonyl (C=O) groups is 12. The molecule has 1 unspecified atom stereocenters. The third kappa shape index (κ3) is 17.8. The standard InChI is InChI=1S/C45H54F2N6O16/c1-23(55)48-27(22-54)19-33(56)49-31(44(66)67)20-28(43(64)65)39(60)53-37(35(24-11-5-2-6-12-24)25-13-7-3-8-14-25)42(63)50-29(17-18-34(57)58)40(61)52-36(26-15-9-4-10-16-26)41(62)51-30(21-32(46)47)38(59)45(68)69/h2-3,5-8,11-14,22,26-32,35-37H,4,9-10,15-21H2,1H3,(H,48,55)(H,49,56)(H,50,63)(H,51,62)(H,52,61)(H,53,60)(H,57,58)(H,64,65)(H,66,67)(H,68,69)/t27-,28?,29-,30-,31+,36-,37-/m0/s1. The topological polar surface area (TPSA) is 358 Å². The number of amides is 6. The van der Waals surface area contributed by atoms with E-state index >= 15 is 0 Å². The van der Waals surface area contributed by atoms with Crippen molar-refractivity contribution in [3.63, 3.8) is 0 Å². The number of hydrogen-bond donors (Lipinski definition) is 10. The Bertz CT molecular complexity index is 2150. The van der Waals surface area contributed by atoms with Gasteiger partial charge in [0.1, 0.15) is 42.4 Å². The Kier molecular flexibility index (Phi) is 22.0. The molecule has 0 bridgehead atoms. The van der Waals surface area contributed by atoms with Crippen molar-refractivity contribution >= 4 is 71.4 Å². The van der Waals surface area contributed by atoms with E-state index in [1.807, 2.05) is 10.6 Å². The Labute approximate surface area is 392 Å². The quantitative estimate of drug-likeness (QED) is 0.0311. The lowest BCUT2D eigenvalue weighted by Gasteiger charge is -2.33. The van der Waals surface area contributed by atoms with Crippen molar-refractivity contribution in [2.75, 3.05) is 0 Å². The van der Waals surface area contributed by atoms with Crippen LogP contribution in [0.5, 0.6) is 0 Å². The number of carbonyl (C=O) groups excluding carboxylic acids is 8. The number of carboxylic acid groups (broad SMARTS) is 4. The highest BCUT2D eigenvalue weighted by molar-refractivity contribution is 6.35. The van der Waals surface area contributed by atoms with Crippen LogP contribution in [0.15, 0.2) is 60.7 Å². The van der Waals surface area contributed by atoms with Crippen LogP contribution < -0.4 is 31.9 Å². The molecule has 0 spiro atoms. The van der Waals surface area contributed by atoms with E-state index in [0.717, 1.165) is 13.3 Å². The predicted octanol–water partition coefficient (Wildman–Crippen LogP) is 0.266. The molecular formula is C45H54F2N6O16. The number of nitrogens with one attached hydrogen (secondary N) is 6. The fourth-order valence-electron chi connectivity index (χ4n) is 7.81. The fraction of sp³-hybridized carbons (Fsp3) is 0.467. The van der Waals surface area contributed by atoms with Crippen molar-refractivity contribution in [3.8, 4) is 0 Å². The summed E-state index contributed by atoms with van der Waals surface area (Å²) >= 11 is 0. The third-order valence-electron chi connectivity index (χ3n) is 11.1. The number of rotatable bonds is 28. The van der Waals surface area contributed by atoms with Crippen molar-refractivity contribution in [1.29, 1.82) is 0 Å². The lowest BCUT2D eigenvalue weighted by atomic mass is 9.83. The molecule has 1 aliphatic rings. The van der Waals surface area contributed by atoms with Crippen molar-refractivity contribution < 1.29 is 86.7 Å². The molecule has 1 fully saturated rings. The molecule has 1 aliphatic carbocycles. The van der Waals surface area contributed by atoms with Crippen LogP contribution in [0.2, 0.25) is 0 Å². The normalized spacial score (nSPS) is 15.6. The Morgan fingerprint density at radius 2 is 1.20 bits per heavy atom. The van der Waals surface area contributed by atoms with Crippen LogP contribution in [0.4, 0.5) is 8.78 Å². The summed E-state index contributed by atoms with van der Waals surface area (Å²) < 4.78 is 26.9. The molecule has 374 valence electrons. The number of Topliss-reactive ketones (excluding diaryl/α,β-unsaturated/α-hetero) is 1. The molecule has 7 atom stereocenters. The van der Waals surface area contributed by atoms with Gasteiger partial charge in [0, 0.05) is 32.1 Å². The zero-order chi connectivity index (χ0) is 51.4. The summed E-state index contributed by atoms with van der Waals surface area (Å²) in [6.07, 6.45) is -5.41. The predicted molar refractivity (Wildman–Crippen MR) is 233 cm³/mol. The van der Waals surface area contributed by atoms with Crippen LogP contribution in [0, 0.1) is 11.8 Å². The van der Waals surface area contributed by atoms with E-state index in [4.69, 9.17) is 0 Å². The molecular weight excluding hydrogens is 919 g/mol. The number of hydrogen-bond acceptors (Lipinski definition) is 12. The van der Waals surface area contributed by atoms with Gasteiger partial charge < -0.3 is 57.1 Å². The Balaban J connectivity index is 2.09. The number of aldehydes is 1. The lowest BCUT2D eigenvalue weighted by Crippen LogP contribution is -2.60. The second-order valence-electron chi connectivity index (χ2n) is 16.3. The summed E-state index contributed by atoms with van der Waals surface area (Å²) in [5, 5.41) is 52.4. The van der Waals surface area contributed by atoms with Crippen molar-refractivity contribution in [2.45, 2.75) is 120 Å². The summed E-state index contributed by atoms with van der Waals surface area (Å²) in [7, 11) is 0. The molecule has 1 saturated carbocycles. The first-order valence-electron chi connectivity index (χ1n) is 21.7. The van der Waals surface area contributed by atoms with E-state index in [1.165, 1.54) is 0 Å². The Morgan fingerprint density at radius 3 is 1.68 bits per heavy atom. The minimum atomic E-state index is -3.24. The van der Waals surface area contributed by atoms with E-state index in [-0.39, 0.29) is 19.1 Å². The van der Waals surface area contributed by atoms with Crippen LogP contribution in [0.1, 0.15) is 88.2 Å². The van der Waals surface area contributed by atoms with Gasteiger partial charge in [-0.25, -0.2) is 18.4 Å². The number of carboxylic acids is 4. The molecule has 0 radical (unpaired) electrons. The largest absolute Gasteiger partial charge is 0.481 e. The van der Waals surface area contributed by atoms with E-state index in [9.17, 15) is 86.7 Å². The SMILES string of the molecule is CC(=O)N[C@H](C=O)CC(=O)N[C@H](CC(C(=O)O)C(=O)N[C@H](C(=O)N[C@@H](CCC(=O)O)C(=O)N[C@H](C(=O)N[C@@H](CC(F)F)C(=O)C(=O)O)C1CCCCC1)C(c1ccccc1)c1ccccc1)C(=O)O. The number of alkyl halides is 2. The molecule has 22 nitrogen and oxygen atoms in total. The fourth-order valence-corrected chi connectivity index (χ4v) is 7.81. The van der Waals surface area contributed by atoms with Crippen LogP contribution >= 0.6 is 0 Å². The summed E-state index contributed by atoms with van der Waals surface area (Å²) in [5.74, 6) is -20.3. The van der Waals surface area contributed by atoms with Crippen molar-refractivity contribution in [3.05, 3.63) is 71.8 Å². The van der Waals surface area contributed by atoms with Gasteiger partial charge in [0.15, 0.2) is 0 Å². The maximum absolute atomic E-state index is 14.8. The van der Waals surface area contributed by atoms with Crippen LogP contribution in [0.3, 0.4) is 0 Å².